The van der Waals surface area contributed by atoms with Crippen LogP contribution in [0.15, 0.2) is 42.2 Å². The van der Waals surface area contributed by atoms with Crippen LogP contribution in [0.5, 0.6) is 0 Å². The summed E-state index contributed by atoms with van der Waals surface area (Å²) in [7, 11) is 0. The van der Waals surface area contributed by atoms with Crippen molar-refractivity contribution in [2.45, 2.75) is 40.2 Å². The van der Waals surface area contributed by atoms with Crippen LogP contribution in [0, 0.1) is 16.7 Å². The first kappa shape index (κ1) is 11.8. The molecule has 0 saturated heterocycles. The summed E-state index contributed by atoms with van der Waals surface area (Å²) in [4.78, 5) is 0. The Morgan fingerprint density at radius 2 is 1.89 bits per heavy atom. The van der Waals surface area contributed by atoms with E-state index in [0.717, 1.165) is 0 Å². The lowest BCUT2D eigenvalue weighted by Gasteiger charge is -2.36. The number of hydrogen-bond donors (Lipinski definition) is 0. The fourth-order valence-electron chi connectivity index (χ4n) is 3.58. The van der Waals surface area contributed by atoms with Gasteiger partial charge in [-0.15, -0.1) is 0 Å². The summed E-state index contributed by atoms with van der Waals surface area (Å²) in [6, 6.07) is 10.4. The molecule has 1 heteroatoms. The lowest BCUT2D eigenvalue weighted by molar-refractivity contribution is 0.0727. The quantitative estimate of drug-likeness (QED) is 0.756. The summed E-state index contributed by atoms with van der Waals surface area (Å²) in [5, 5.41) is 0. The summed E-state index contributed by atoms with van der Waals surface area (Å²) < 4.78 is 6.12. The number of benzene rings is 1. The van der Waals surface area contributed by atoms with E-state index in [-0.39, 0.29) is 5.41 Å². The molecule has 0 N–H and O–H groups in total. The van der Waals surface area contributed by atoms with Gasteiger partial charge in [-0.3, -0.25) is 0 Å². The van der Waals surface area contributed by atoms with E-state index in [0.29, 0.717) is 17.9 Å². The van der Waals surface area contributed by atoms with Crippen LogP contribution in [0.2, 0.25) is 0 Å². The van der Waals surface area contributed by atoms with Gasteiger partial charge in [0.25, 0.3) is 0 Å². The van der Waals surface area contributed by atoms with Gasteiger partial charge in [0.2, 0.25) is 0 Å². The number of hydrogen-bond acceptors (Lipinski definition) is 1. The molecule has 96 valence electrons. The van der Waals surface area contributed by atoms with Crippen LogP contribution in [-0.4, -0.2) is 0 Å². The minimum absolute atomic E-state index is 0.243. The van der Waals surface area contributed by atoms with Crippen LogP contribution in [-0.2, 0) is 11.3 Å². The first-order chi connectivity index (χ1) is 8.54. The van der Waals surface area contributed by atoms with Crippen LogP contribution in [0.1, 0.15) is 39.2 Å². The summed E-state index contributed by atoms with van der Waals surface area (Å²) in [5.74, 6) is 1.93. The molecule has 0 spiro atoms. The molecule has 0 heterocycles. The van der Waals surface area contributed by atoms with Gasteiger partial charge in [-0.25, -0.2) is 0 Å². The van der Waals surface area contributed by atoms with Gasteiger partial charge >= 0.3 is 0 Å². The summed E-state index contributed by atoms with van der Waals surface area (Å²) in [6.07, 6.45) is 4.97. The van der Waals surface area contributed by atoms with Crippen molar-refractivity contribution in [3.05, 3.63) is 47.7 Å². The average Bonchev–Trinajstić information content (AvgIpc) is 2.70. The van der Waals surface area contributed by atoms with Crippen LogP contribution >= 0.6 is 0 Å². The smallest absolute Gasteiger partial charge is 0.113 e. The normalized spacial score (nSPS) is 32.4. The second kappa shape index (κ2) is 3.88. The van der Waals surface area contributed by atoms with Gasteiger partial charge in [0.15, 0.2) is 0 Å². The Balaban J connectivity index is 1.74. The molecule has 1 saturated carbocycles. The molecule has 1 fully saturated rings. The standard InChI is InChI=1S/C17H22O/c1-16(2)14-9-10-17(16,3)15(11-14)18-12-13-7-5-4-6-8-13/h4-8,11,14H,9-10,12H2,1-3H3/t14-,17+/m0/s1. The summed E-state index contributed by atoms with van der Waals surface area (Å²) in [6.45, 7) is 7.85. The zero-order valence-electron chi connectivity index (χ0n) is 11.6. The SMILES string of the molecule is CC1(C)[C@@H]2C=C(OCc3ccccc3)[C@@]1(C)CC2. The Morgan fingerprint density at radius 1 is 1.17 bits per heavy atom. The number of fused-ring (bicyclic) bond motifs is 2. The Labute approximate surface area is 110 Å². The molecule has 2 atom stereocenters. The van der Waals surface area contributed by atoms with E-state index in [9.17, 15) is 0 Å². The van der Waals surface area contributed by atoms with Crippen LogP contribution in [0.3, 0.4) is 0 Å². The predicted octanol–water partition coefficient (Wildman–Crippen LogP) is 4.54. The molecule has 0 amide bonds. The lowest BCUT2D eigenvalue weighted by atomic mass is 9.70. The Kier molecular flexibility index (Phi) is 2.55. The Morgan fingerprint density at radius 3 is 2.44 bits per heavy atom. The highest BCUT2D eigenvalue weighted by Crippen LogP contribution is 2.65. The minimum atomic E-state index is 0.243. The maximum atomic E-state index is 6.12. The van der Waals surface area contributed by atoms with E-state index in [1.807, 2.05) is 6.07 Å². The van der Waals surface area contributed by atoms with E-state index >= 15 is 0 Å². The third-order valence-electron chi connectivity index (χ3n) is 5.44. The van der Waals surface area contributed by atoms with Crippen molar-refractivity contribution in [1.29, 1.82) is 0 Å². The lowest BCUT2D eigenvalue weighted by Crippen LogP contribution is -2.30. The molecule has 1 aromatic carbocycles. The second-order valence-electron chi connectivity index (χ2n) is 6.50. The number of rotatable bonds is 3. The fraction of sp³-hybridized carbons (Fsp3) is 0.529. The monoisotopic (exact) mass is 242 g/mol. The highest BCUT2D eigenvalue weighted by Gasteiger charge is 2.58. The number of allylic oxidation sites excluding steroid dienone is 2. The molecule has 1 nitrogen and oxygen atoms in total. The molecular weight excluding hydrogens is 220 g/mol. The molecular formula is C17H22O. The molecule has 0 radical (unpaired) electrons. The summed E-state index contributed by atoms with van der Waals surface area (Å²) >= 11 is 0. The average molecular weight is 242 g/mol. The second-order valence-corrected chi connectivity index (χ2v) is 6.50. The van der Waals surface area contributed by atoms with Crippen molar-refractivity contribution in [3.8, 4) is 0 Å². The van der Waals surface area contributed by atoms with Gasteiger partial charge in [0.1, 0.15) is 6.61 Å². The van der Waals surface area contributed by atoms with Crippen LogP contribution in [0.4, 0.5) is 0 Å². The molecule has 2 bridgehead atoms. The van der Waals surface area contributed by atoms with Gasteiger partial charge in [-0.1, -0.05) is 51.1 Å². The molecule has 0 aliphatic heterocycles. The molecule has 1 aromatic rings. The first-order valence-electron chi connectivity index (χ1n) is 6.93. The van der Waals surface area contributed by atoms with Crippen molar-refractivity contribution >= 4 is 0 Å². The molecule has 18 heavy (non-hydrogen) atoms. The molecule has 2 aliphatic rings. The van der Waals surface area contributed by atoms with Gasteiger partial charge in [-0.05, 0) is 35.8 Å². The maximum absolute atomic E-state index is 6.12. The Hall–Kier alpha value is -1.24. The van der Waals surface area contributed by atoms with Crippen molar-refractivity contribution in [3.63, 3.8) is 0 Å². The van der Waals surface area contributed by atoms with Crippen molar-refractivity contribution in [1.82, 2.24) is 0 Å². The zero-order chi connectivity index (χ0) is 12.8. The molecule has 0 unspecified atom stereocenters. The highest BCUT2D eigenvalue weighted by molar-refractivity contribution is 5.28. The van der Waals surface area contributed by atoms with E-state index in [1.54, 1.807) is 0 Å². The molecule has 3 rings (SSSR count). The zero-order valence-corrected chi connectivity index (χ0v) is 11.6. The third kappa shape index (κ3) is 1.53. The van der Waals surface area contributed by atoms with Crippen molar-refractivity contribution < 1.29 is 4.74 Å². The van der Waals surface area contributed by atoms with Crippen LogP contribution in [0.25, 0.3) is 0 Å². The van der Waals surface area contributed by atoms with Gasteiger partial charge in [0, 0.05) is 5.41 Å². The van der Waals surface area contributed by atoms with E-state index in [4.69, 9.17) is 4.74 Å². The minimum Gasteiger partial charge on any atom is -0.493 e. The largest absolute Gasteiger partial charge is 0.493 e. The van der Waals surface area contributed by atoms with E-state index in [2.05, 4.69) is 51.1 Å². The van der Waals surface area contributed by atoms with Gasteiger partial charge < -0.3 is 4.74 Å². The predicted molar refractivity (Wildman–Crippen MR) is 73.9 cm³/mol. The number of ether oxygens (including phenoxy) is 1. The van der Waals surface area contributed by atoms with E-state index in [1.165, 1.54) is 24.2 Å². The van der Waals surface area contributed by atoms with Gasteiger partial charge in [-0.2, -0.15) is 0 Å². The maximum Gasteiger partial charge on any atom is 0.113 e. The topological polar surface area (TPSA) is 9.23 Å². The van der Waals surface area contributed by atoms with Crippen LogP contribution < -0.4 is 0 Å². The van der Waals surface area contributed by atoms with Gasteiger partial charge in [0.05, 0.1) is 5.76 Å². The first-order valence-corrected chi connectivity index (χ1v) is 6.93. The highest BCUT2D eigenvalue weighted by atomic mass is 16.5. The van der Waals surface area contributed by atoms with Crippen molar-refractivity contribution in [2.75, 3.05) is 0 Å². The van der Waals surface area contributed by atoms with E-state index < -0.39 is 0 Å². The molecule has 2 aliphatic carbocycles. The Bertz CT molecular complexity index is 472. The third-order valence-corrected chi connectivity index (χ3v) is 5.44. The molecule has 0 aromatic heterocycles. The fourth-order valence-corrected chi connectivity index (χ4v) is 3.58. The summed E-state index contributed by atoms with van der Waals surface area (Å²) in [5.41, 5.74) is 1.86. The van der Waals surface area contributed by atoms with Crippen molar-refractivity contribution in [2.24, 2.45) is 16.7 Å².